The number of esters is 1. The number of rotatable bonds is 3. The summed E-state index contributed by atoms with van der Waals surface area (Å²) in [5, 5.41) is 9.05. The molecule has 8 nitrogen and oxygen atoms in total. The highest BCUT2D eigenvalue weighted by Gasteiger charge is 2.28. The second-order valence-corrected chi connectivity index (χ2v) is 7.73. The van der Waals surface area contributed by atoms with Gasteiger partial charge in [-0.15, -0.1) is 0 Å². The Morgan fingerprint density at radius 2 is 1.93 bits per heavy atom. The van der Waals surface area contributed by atoms with Crippen LogP contribution in [0.15, 0.2) is 36.5 Å². The van der Waals surface area contributed by atoms with E-state index < -0.39 is 29.4 Å². The van der Waals surface area contributed by atoms with Crippen molar-refractivity contribution in [3.8, 4) is 11.1 Å². The van der Waals surface area contributed by atoms with E-state index in [1.165, 1.54) is 24.4 Å². The number of carbonyl (C=O) groups excluding carboxylic acids is 2. The van der Waals surface area contributed by atoms with Gasteiger partial charge in [-0.3, -0.25) is 4.79 Å². The van der Waals surface area contributed by atoms with Gasteiger partial charge in [0.05, 0.1) is 12.1 Å². The third-order valence-corrected chi connectivity index (χ3v) is 4.31. The van der Waals surface area contributed by atoms with Crippen LogP contribution in [-0.4, -0.2) is 45.1 Å². The van der Waals surface area contributed by atoms with Crippen LogP contribution in [0.3, 0.4) is 0 Å². The number of hydrogen-bond donors (Lipinski definition) is 2. The Balaban J connectivity index is 1.93. The van der Waals surface area contributed by atoms with Crippen LogP contribution < -0.4 is 5.73 Å². The third-order valence-electron chi connectivity index (χ3n) is 4.31. The average molecular weight is 413 g/mol. The summed E-state index contributed by atoms with van der Waals surface area (Å²) < 4.78 is 19.8. The Kier molecular flexibility index (Phi) is 5.30. The predicted molar refractivity (Wildman–Crippen MR) is 107 cm³/mol. The van der Waals surface area contributed by atoms with Crippen molar-refractivity contribution in [1.82, 2.24) is 9.88 Å². The number of benzene rings is 1. The molecule has 1 aromatic heterocycles. The van der Waals surface area contributed by atoms with Gasteiger partial charge < -0.3 is 15.6 Å². The van der Waals surface area contributed by atoms with Crippen LogP contribution in [0.5, 0.6) is 0 Å². The number of amides is 2. The van der Waals surface area contributed by atoms with Crippen LogP contribution in [0.2, 0.25) is 0 Å². The Hall–Kier alpha value is -3.75. The molecule has 0 saturated carbocycles. The predicted octanol–water partition coefficient (Wildman–Crippen LogP) is 3.33. The number of carboxylic acid groups (broad SMARTS) is 1. The molecule has 2 amide bonds. The maximum absolute atomic E-state index is 14.6. The Labute approximate surface area is 171 Å². The summed E-state index contributed by atoms with van der Waals surface area (Å²) in [5.41, 5.74) is 6.64. The molecule has 1 aliphatic heterocycles. The minimum atomic E-state index is -1.35. The molecule has 0 atom stereocenters. The molecule has 2 heterocycles. The molecule has 30 heavy (non-hydrogen) atoms. The molecule has 0 saturated heterocycles. The minimum Gasteiger partial charge on any atom is -0.465 e. The van der Waals surface area contributed by atoms with Gasteiger partial charge in [0.25, 0.3) is 5.91 Å². The van der Waals surface area contributed by atoms with Gasteiger partial charge in [0.1, 0.15) is 17.2 Å². The van der Waals surface area contributed by atoms with Crippen LogP contribution >= 0.6 is 0 Å². The molecule has 2 aromatic rings. The average Bonchev–Trinajstić information content (AvgIpc) is 3.02. The first-order chi connectivity index (χ1) is 14.0. The van der Waals surface area contributed by atoms with E-state index in [9.17, 15) is 18.8 Å². The van der Waals surface area contributed by atoms with E-state index in [0.29, 0.717) is 27.2 Å². The van der Waals surface area contributed by atoms with Gasteiger partial charge in [0, 0.05) is 17.8 Å². The Bertz CT molecular complexity index is 1090. The normalized spacial score (nSPS) is 13.9. The van der Waals surface area contributed by atoms with E-state index in [0.717, 1.165) is 6.07 Å². The highest BCUT2D eigenvalue weighted by molar-refractivity contribution is 6.08. The summed E-state index contributed by atoms with van der Waals surface area (Å²) in [4.78, 5) is 39.8. The molecule has 9 heteroatoms. The number of carbonyl (C=O) groups is 3. The zero-order valence-corrected chi connectivity index (χ0v) is 16.6. The molecule has 3 N–H and O–H groups in total. The number of nitrogens with zero attached hydrogens (tertiary/aromatic N) is 2. The van der Waals surface area contributed by atoms with E-state index in [4.69, 9.17) is 15.6 Å². The van der Waals surface area contributed by atoms with Gasteiger partial charge in [-0.05, 0) is 55.7 Å². The minimum absolute atomic E-state index is 0.114. The quantitative estimate of drug-likeness (QED) is 0.740. The first kappa shape index (κ1) is 21.0. The molecule has 156 valence electrons. The lowest BCUT2D eigenvalue weighted by Crippen LogP contribution is -2.31. The Morgan fingerprint density at radius 1 is 1.23 bits per heavy atom. The summed E-state index contributed by atoms with van der Waals surface area (Å²) in [5.74, 6) is -2.10. The summed E-state index contributed by atoms with van der Waals surface area (Å²) in [6, 6.07) is 5.55. The number of halogens is 1. The van der Waals surface area contributed by atoms with Gasteiger partial charge in [0.15, 0.2) is 0 Å². The third kappa shape index (κ3) is 4.29. The largest absolute Gasteiger partial charge is 0.465 e. The summed E-state index contributed by atoms with van der Waals surface area (Å²) in [7, 11) is 0. The van der Waals surface area contributed by atoms with E-state index in [2.05, 4.69) is 4.98 Å². The molecule has 0 radical (unpaired) electrons. The SMILES string of the molecule is CC(C)(C)OC(=O)c1ccc(-c2cc(C3=CC(=O)N(C(=O)O)C3)cnc2N)cc1F. The fourth-order valence-corrected chi connectivity index (χ4v) is 2.92. The van der Waals surface area contributed by atoms with E-state index in [1.807, 2.05) is 0 Å². The zero-order chi connectivity index (χ0) is 22.2. The molecule has 1 aliphatic rings. The van der Waals surface area contributed by atoms with Gasteiger partial charge in [-0.2, -0.15) is 0 Å². The van der Waals surface area contributed by atoms with Gasteiger partial charge in [0.2, 0.25) is 0 Å². The fourth-order valence-electron chi connectivity index (χ4n) is 2.92. The van der Waals surface area contributed by atoms with Crippen LogP contribution in [0.1, 0.15) is 36.7 Å². The van der Waals surface area contributed by atoms with E-state index >= 15 is 0 Å². The number of nitrogens with two attached hydrogens (primary N) is 1. The van der Waals surface area contributed by atoms with Crippen molar-refractivity contribution in [1.29, 1.82) is 0 Å². The van der Waals surface area contributed by atoms with Crippen molar-refractivity contribution >= 4 is 29.4 Å². The molecule has 0 fully saturated rings. The number of imide groups is 1. The highest BCUT2D eigenvalue weighted by atomic mass is 19.1. The monoisotopic (exact) mass is 413 g/mol. The molecule has 1 aromatic carbocycles. The van der Waals surface area contributed by atoms with E-state index in [1.54, 1.807) is 26.8 Å². The number of pyridine rings is 1. The van der Waals surface area contributed by atoms with Gasteiger partial charge >= 0.3 is 12.1 Å². The van der Waals surface area contributed by atoms with Crippen molar-refractivity contribution in [3.05, 3.63) is 53.5 Å². The van der Waals surface area contributed by atoms with Crippen LogP contribution in [-0.2, 0) is 9.53 Å². The smallest absolute Gasteiger partial charge is 0.414 e. The van der Waals surface area contributed by atoms with Crippen LogP contribution in [0.4, 0.5) is 15.0 Å². The highest BCUT2D eigenvalue weighted by Crippen LogP contribution is 2.31. The molecule has 0 bridgehead atoms. The first-order valence-electron chi connectivity index (χ1n) is 9.00. The lowest BCUT2D eigenvalue weighted by atomic mass is 10.00. The number of hydrogen-bond acceptors (Lipinski definition) is 6. The van der Waals surface area contributed by atoms with Crippen molar-refractivity contribution < 1.29 is 28.6 Å². The van der Waals surface area contributed by atoms with Crippen molar-refractivity contribution in [2.45, 2.75) is 26.4 Å². The van der Waals surface area contributed by atoms with Gasteiger partial charge in [-0.1, -0.05) is 6.07 Å². The second-order valence-electron chi connectivity index (χ2n) is 7.73. The molecule has 0 aliphatic carbocycles. The summed E-state index contributed by atoms with van der Waals surface area (Å²) in [6.07, 6.45) is 1.26. The molecule has 0 spiro atoms. The van der Waals surface area contributed by atoms with Crippen molar-refractivity contribution in [2.75, 3.05) is 12.3 Å². The number of ether oxygens (including phenoxy) is 1. The number of anilines is 1. The zero-order valence-electron chi connectivity index (χ0n) is 16.6. The van der Waals surface area contributed by atoms with Crippen LogP contribution in [0, 0.1) is 5.82 Å². The lowest BCUT2D eigenvalue weighted by molar-refractivity contribution is -0.122. The van der Waals surface area contributed by atoms with Gasteiger partial charge in [-0.25, -0.2) is 23.9 Å². The fraction of sp³-hybridized carbons (Fsp3) is 0.238. The summed E-state index contributed by atoms with van der Waals surface area (Å²) >= 11 is 0. The standard InChI is InChI=1S/C21H20FN3O5/c1-21(2,3)30-19(27)14-5-4-11(7-16(14)22)15-6-12(9-24-18(15)23)13-8-17(26)25(10-13)20(28)29/h4-9H,10H2,1-3H3,(H2,23,24)(H,28,29). The van der Waals surface area contributed by atoms with E-state index in [-0.39, 0.29) is 17.9 Å². The molecule has 3 rings (SSSR count). The first-order valence-corrected chi connectivity index (χ1v) is 9.00. The topological polar surface area (TPSA) is 123 Å². The summed E-state index contributed by atoms with van der Waals surface area (Å²) in [6.45, 7) is 4.93. The lowest BCUT2D eigenvalue weighted by Gasteiger charge is -2.19. The second kappa shape index (κ2) is 7.58. The van der Waals surface area contributed by atoms with Crippen LogP contribution in [0.25, 0.3) is 16.7 Å². The maximum Gasteiger partial charge on any atom is 0.414 e. The maximum atomic E-state index is 14.6. The van der Waals surface area contributed by atoms with Crippen molar-refractivity contribution in [2.24, 2.45) is 0 Å². The number of aromatic nitrogens is 1. The molecular formula is C21H20FN3O5. The Morgan fingerprint density at radius 3 is 2.50 bits per heavy atom. The molecule has 0 unspecified atom stereocenters. The number of nitrogen functional groups attached to an aromatic ring is 1. The molecular weight excluding hydrogens is 393 g/mol. The van der Waals surface area contributed by atoms with Crippen molar-refractivity contribution in [3.63, 3.8) is 0 Å².